The molecule has 1 nitrogen and oxygen atoms in total. The van der Waals surface area contributed by atoms with E-state index in [0.717, 1.165) is 6.04 Å². The molecule has 0 aromatic heterocycles. The van der Waals surface area contributed by atoms with Crippen LogP contribution in [0.3, 0.4) is 0 Å². The van der Waals surface area contributed by atoms with Crippen molar-refractivity contribution in [2.75, 3.05) is 18.7 Å². The summed E-state index contributed by atoms with van der Waals surface area (Å²) in [6.45, 7) is 3.64. The van der Waals surface area contributed by atoms with Crippen molar-refractivity contribution in [3.63, 3.8) is 0 Å². The van der Waals surface area contributed by atoms with Crippen molar-refractivity contribution in [3.05, 3.63) is 0 Å². The maximum absolute atomic E-state index is 2.66. The maximum atomic E-state index is 2.66. The van der Waals surface area contributed by atoms with Gasteiger partial charge in [-0.05, 0) is 32.1 Å². The number of hydrogen-bond donors (Lipinski definition) is 0. The molecule has 0 spiro atoms. The van der Waals surface area contributed by atoms with Crippen LogP contribution >= 0.6 is 11.8 Å². The lowest BCUT2D eigenvalue weighted by molar-refractivity contribution is 0.167. The summed E-state index contributed by atoms with van der Waals surface area (Å²) in [5.41, 5.74) is 0. The number of likely N-dealkylation sites (tertiary alicyclic amines) is 1. The van der Waals surface area contributed by atoms with E-state index >= 15 is 0 Å². The first-order valence-electron chi connectivity index (χ1n) is 5.11. The summed E-state index contributed by atoms with van der Waals surface area (Å²) in [5, 5.41) is 0. The first kappa shape index (κ1) is 10.4. The minimum Gasteiger partial charge on any atom is -0.291 e. The Balaban J connectivity index is 2.31. The van der Waals surface area contributed by atoms with Crippen molar-refractivity contribution in [2.45, 2.75) is 45.1 Å². The first-order chi connectivity index (χ1) is 5.88. The van der Waals surface area contributed by atoms with E-state index in [9.17, 15) is 0 Å². The van der Waals surface area contributed by atoms with Gasteiger partial charge in [0.25, 0.3) is 0 Å². The summed E-state index contributed by atoms with van der Waals surface area (Å²) in [6, 6.07) is 0.899. The molecular formula is C10H21NS. The molecule has 1 heterocycles. The van der Waals surface area contributed by atoms with Crippen LogP contribution in [0.15, 0.2) is 0 Å². The summed E-state index contributed by atoms with van der Waals surface area (Å²) < 4.78 is 0. The van der Waals surface area contributed by atoms with Crippen LogP contribution in [0.4, 0.5) is 0 Å². The molecule has 1 rings (SSSR count). The third kappa shape index (κ3) is 2.98. The van der Waals surface area contributed by atoms with Crippen LogP contribution in [0.25, 0.3) is 0 Å². The quantitative estimate of drug-likeness (QED) is 0.665. The summed E-state index contributed by atoms with van der Waals surface area (Å²) in [7, 11) is 0. The largest absolute Gasteiger partial charge is 0.291 e. The summed E-state index contributed by atoms with van der Waals surface area (Å²) >= 11 is 1.96. The Morgan fingerprint density at radius 2 is 2.25 bits per heavy atom. The van der Waals surface area contributed by atoms with E-state index in [-0.39, 0.29) is 0 Å². The molecule has 0 N–H and O–H groups in total. The molecule has 0 aliphatic carbocycles. The molecule has 12 heavy (non-hydrogen) atoms. The van der Waals surface area contributed by atoms with Gasteiger partial charge in [0, 0.05) is 11.9 Å². The highest BCUT2D eigenvalue weighted by molar-refractivity contribution is 7.98. The van der Waals surface area contributed by atoms with Crippen LogP contribution < -0.4 is 0 Å². The third-order valence-corrected chi connectivity index (χ3v) is 3.26. The van der Waals surface area contributed by atoms with Crippen LogP contribution in [-0.4, -0.2) is 29.6 Å². The molecule has 0 radical (unpaired) electrons. The van der Waals surface area contributed by atoms with E-state index in [1.54, 1.807) is 0 Å². The minimum atomic E-state index is 0.899. The molecule has 1 aliphatic heterocycles. The normalized spacial score (nSPS) is 26.0. The lowest BCUT2D eigenvalue weighted by atomic mass is 9.99. The van der Waals surface area contributed by atoms with Gasteiger partial charge in [0.15, 0.2) is 0 Å². The Morgan fingerprint density at radius 1 is 1.42 bits per heavy atom. The maximum Gasteiger partial charge on any atom is 0.0444 e. The Morgan fingerprint density at radius 3 is 2.92 bits per heavy atom. The smallest absolute Gasteiger partial charge is 0.0444 e. The summed E-state index contributed by atoms with van der Waals surface area (Å²) in [6.07, 6.45) is 9.26. The average Bonchev–Trinajstić information content (AvgIpc) is 2.09. The highest BCUT2D eigenvalue weighted by Crippen LogP contribution is 2.21. The Kier molecular flexibility index (Phi) is 5.08. The van der Waals surface area contributed by atoms with Crippen LogP contribution in [0.5, 0.6) is 0 Å². The van der Waals surface area contributed by atoms with Gasteiger partial charge in [-0.1, -0.05) is 19.8 Å². The highest BCUT2D eigenvalue weighted by Gasteiger charge is 2.20. The van der Waals surface area contributed by atoms with Crippen molar-refractivity contribution < 1.29 is 0 Å². The molecule has 0 amide bonds. The van der Waals surface area contributed by atoms with Gasteiger partial charge >= 0.3 is 0 Å². The molecule has 0 aromatic rings. The van der Waals surface area contributed by atoms with Crippen molar-refractivity contribution >= 4 is 11.8 Å². The van der Waals surface area contributed by atoms with Crippen molar-refractivity contribution in [2.24, 2.45) is 0 Å². The lowest BCUT2D eigenvalue weighted by Gasteiger charge is -2.35. The van der Waals surface area contributed by atoms with E-state index in [1.807, 2.05) is 11.8 Å². The first-order valence-corrected chi connectivity index (χ1v) is 6.51. The van der Waals surface area contributed by atoms with Crippen molar-refractivity contribution in [3.8, 4) is 0 Å². The zero-order chi connectivity index (χ0) is 8.81. The third-order valence-electron chi connectivity index (χ3n) is 2.67. The number of thioether (sulfide) groups is 1. The second-order valence-corrected chi connectivity index (χ2v) is 4.50. The molecule has 0 saturated carbocycles. The fourth-order valence-electron chi connectivity index (χ4n) is 2.06. The van der Waals surface area contributed by atoms with Gasteiger partial charge in [-0.2, -0.15) is 0 Å². The van der Waals surface area contributed by atoms with Gasteiger partial charge in [-0.25, -0.2) is 0 Å². The molecule has 1 fully saturated rings. The Hall–Kier alpha value is 0.310. The highest BCUT2D eigenvalue weighted by atomic mass is 32.2. The van der Waals surface area contributed by atoms with Gasteiger partial charge in [-0.15, -0.1) is 11.8 Å². The molecule has 2 heteroatoms. The molecule has 1 aliphatic rings. The Bertz CT molecular complexity index is 98.4. The van der Waals surface area contributed by atoms with Gasteiger partial charge in [-0.3, -0.25) is 4.90 Å². The second kappa shape index (κ2) is 5.87. The predicted octanol–water partition coefficient (Wildman–Crippen LogP) is 2.96. The zero-order valence-electron chi connectivity index (χ0n) is 8.38. The fourth-order valence-corrected chi connectivity index (χ4v) is 2.73. The van der Waals surface area contributed by atoms with Crippen molar-refractivity contribution in [1.29, 1.82) is 0 Å². The molecular weight excluding hydrogens is 166 g/mol. The van der Waals surface area contributed by atoms with E-state index in [0.29, 0.717) is 0 Å². The fraction of sp³-hybridized carbons (Fsp3) is 1.00. The number of hydrogen-bond acceptors (Lipinski definition) is 2. The topological polar surface area (TPSA) is 3.24 Å². The average molecular weight is 187 g/mol. The lowest BCUT2D eigenvalue weighted by Crippen LogP contribution is -2.38. The SMILES string of the molecule is CCCC1CCCCN1CSC. The molecule has 1 unspecified atom stereocenters. The van der Waals surface area contributed by atoms with Crippen LogP contribution in [0.1, 0.15) is 39.0 Å². The predicted molar refractivity (Wildman–Crippen MR) is 57.6 cm³/mol. The standard InChI is InChI=1S/C10H21NS/c1-3-6-10-7-4-5-8-11(10)9-12-2/h10H,3-9H2,1-2H3. The van der Waals surface area contributed by atoms with Gasteiger partial charge in [0.1, 0.15) is 0 Å². The van der Waals surface area contributed by atoms with Crippen LogP contribution in [0, 0.1) is 0 Å². The minimum absolute atomic E-state index is 0.899. The number of piperidine rings is 1. The van der Waals surface area contributed by atoms with Gasteiger partial charge in [0.2, 0.25) is 0 Å². The van der Waals surface area contributed by atoms with E-state index < -0.39 is 0 Å². The number of nitrogens with zero attached hydrogens (tertiary/aromatic N) is 1. The zero-order valence-corrected chi connectivity index (χ0v) is 9.20. The molecule has 0 bridgehead atoms. The molecule has 0 aromatic carbocycles. The van der Waals surface area contributed by atoms with Gasteiger partial charge < -0.3 is 0 Å². The Labute approximate surface area is 80.9 Å². The van der Waals surface area contributed by atoms with E-state index in [4.69, 9.17) is 0 Å². The van der Waals surface area contributed by atoms with E-state index in [2.05, 4.69) is 18.1 Å². The molecule has 1 atom stereocenters. The van der Waals surface area contributed by atoms with Crippen LogP contribution in [0.2, 0.25) is 0 Å². The van der Waals surface area contributed by atoms with Crippen LogP contribution in [-0.2, 0) is 0 Å². The molecule has 72 valence electrons. The summed E-state index contributed by atoms with van der Waals surface area (Å²) in [4.78, 5) is 2.66. The number of rotatable bonds is 4. The van der Waals surface area contributed by atoms with Crippen molar-refractivity contribution in [1.82, 2.24) is 4.90 Å². The monoisotopic (exact) mass is 187 g/mol. The van der Waals surface area contributed by atoms with Gasteiger partial charge in [0.05, 0.1) is 0 Å². The van der Waals surface area contributed by atoms with E-state index in [1.165, 1.54) is 44.5 Å². The molecule has 1 saturated heterocycles. The second-order valence-electron chi connectivity index (χ2n) is 3.67. The summed E-state index contributed by atoms with van der Waals surface area (Å²) in [5.74, 6) is 1.24.